The monoisotopic (exact) mass is 310 g/mol. The maximum atomic E-state index is 12.1. The van der Waals surface area contributed by atoms with Gasteiger partial charge in [-0.1, -0.05) is 0 Å². The molecule has 0 bridgehead atoms. The average Bonchev–Trinajstić information content (AvgIpc) is 2.86. The van der Waals surface area contributed by atoms with Gasteiger partial charge in [0.1, 0.15) is 12.1 Å². The van der Waals surface area contributed by atoms with Crippen LogP contribution < -0.4 is 4.72 Å². The Balaban J connectivity index is 2.85. The van der Waals surface area contributed by atoms with Gasteiger partial charge >= 0.3 is 11.9 Å². The second-order valence-electron chi connectivity index (χ2n) is 4.22. The number of nitrogens with zero attached hydrogens (tertiary/aromatic N) is 1. The number of ether oxygens (including phenoxy) is 1. The molecule has 1 heterocycles. The third-order valence-electron chi connectivity index (χ3n) is 2.84. The summed E-state index contributed by atoms with van der Waals surface area (Å²) in [6.07, 6.45) is 0.790. The number of carbonyl (C=O) groups excluding carboxylic acids is 1. The van der Waals surface area contributed by atoms with Gasteiger partial charge in [-0.15, -0.1) is 0 Å². The van der Waals surface area contributed by atoms with Gasteiger partial charge < -0.3 is 14.9 Å². The van der Waals surface area contributed by atoms with Crippen molar-refractivity contribution in [3.63, 3.8) is 0 Å². The molecule has 1 rings (SSSR count). The zero-order valence-corrected chi connectivity index (χ0v) is 11.8. The molecule has 10 heteroatoms. The molecule has 0 spiro atoms. The van der Waals surface area contributed by atoms with Crippen molar-refractivity contribution >= 4 is 22.1 Å². The first-order chi connectivity index (χ1) is 9.33. The number of carboxylic acid groups (broad SMARTS) is 1. The zero-order valence-electron chi connectivity index (χ0n) is 11.0. The fourth-order valence-electron chi connectivity index (χ4n) is 1.92. The van der Waals surface area contributed by atoms with Crippen molar-refractivity contribution in [1.82, 2.24) is 9.03 Å². The molecule has 0 saturated carbocycles. The number of carboxylic acids is 1. The van der Waals surface area contributed by atoms with Crippen molar-refractivity contribution in [2.24, 2.45) is 0 Å². The van der Waals surface area contributed by atoms with Crippen LogP contribution in [0.2, 0.25) is 0 Å². The molecule has 2 atom stereocenters. The van der Waals surface area contributed by atoms with Crippen LogP contribution in [-0.2, 0) is 24.5 Å². The number of esters is 1. The normalized spacial score (nSPS) is 21.6. The van der Waals surface area contributed by atoms with Crippen LogP contribution in [0.5, 0.6) is 0 Å². The minimum absolute atomic E-state index is 0.0938. The van der Waals surface area contributed by atoms with Crippen LogP contribution in [0.15, 0.2) is 0 Å². The lowest BCUT2D eigenvalue weighted by Crippen LogP contribution is -2.52. The fraction of sp³-hybridized carbons (Fsp3) is 0.800. The summed E-state index contributed by atoms with van der Waals surface area (Å²) >= 11 is 0. The van der Waals surface area contributed by atoms with Crippen LogP contribution in [0.3, 0.4) is 0 Å². The van der Waals surface area contributed by atoms with Gasteiger partial charge in [0, 0.05) is 6.54 Å². The highest BCUT2D eigenvalue weighted by atomic mass is 32.2. The summed E-state index contributed by atoms with van der Waals surface area (Å²) in [5.74, 6) is -2.16. The van der Waals surface area contributed by atoms with Crippen LogP contribution in [0.1, 0.15) is 19.8 Å². The van der Waals surface area contributed by atoms with Gasteiger partial charge in [-0.25, -0.2) is 0 Å². The minimum Gasteiger partial charge on any atom is -0.480 e. The van der Waals surface area contributed by atoms with E-state index in [0.717, 1.165) is 4.31 Å². The largest absolute Gasteiger partial charge is 0.480 e. The minimum atomic E-state index is -4.19. The van der Waals surface area contributed by atoms with Crippen molar-refractivity contribution in [1.29, 1.82) is 0 Å². The Labute approximate surface area is 116 Å². The van der Waals surface area contributed by atoms with E-state index in [1.165, 1.54) is 0 Å². The van der Waals surface area contributed by atoms with Gasteiger partial charge in [-0.2, -0.15) is 17.4 Å². The average molecular weight is 310 g/mol. The Bertz CT molecular complexity index is 464. The summed E-state index contributed by atoms with van der Waals surface area (Å²) in [6, 6.07) is -2.61. The summed E-state index contributed by atoms with van der Waals surface area (Å²) < 4.78 is 31.6. The number of aliphatic carboxylic acids is 1. The highest BCUT2D eigenvalue weighted by molar-refractivity contribution is 7.87. The molecule has 0 aromatic rings. The first kappa shape index (κ1) is 16.8. The van der Waals surface area contributed by atoms with Crippen molar-refractivity contribution in [3.8, 4) is 0 Å². The van der Waals surface area contributed by atoms with Crippen molar-refractivity contribution < 1.29 is 33.0 Å². The predicted octanol–water partition coefficient (Wildman–Crippen LogP) is -1.71. The zero-order chi connectivity index (χ0) is 15.3. The molecule has 1 aliphatic heterocycles. The number of hydrogen-bond acceptors (Lipinski definition) is 6. The molecule has 0 radical (unpaired) electrons. The van der Waals surface area contributed by atoms with E-state index < -0.39 is 40.8 Å². The predicted molar refractivity (Wildman–Crippen MR) is 66.9 cm³/mol. The van der Waals surface area contributed by atoms with Crippen LogP contribution in [-0.4, -0.2) is 66.7 Å². The fourth-order valence-corrected chi connectivity index (χ4v) is 3.48. The van der Waals surface area contributed by atoms with Crippen LogP contribution in [0.4, 0.5) is 0 Å². The topological polar surface area (TPSA) is 133 Å². The smallest absolute Gasteiger partial charge is 0.324 e. The standard InChI is InChI=1S/C10H18N2O7S/c1-2-19-10(16)8-4-3-5-12(8)20(17,18)11-7(6-13)9(14)15/h7-8,11,13H,2-6H2,1H3,(H,14,15). The van der Waals surface area contributed by atoms with Gasteiger partial charge in [0.2, 0.25) is 0 Å². The van der Waals surface area contributed by atoms with Crippen molar-refractivity contribution in [2.75, 3.05) is 19.8 Å². The summed E-state index contributed by atoms with van der Waals surface area (Å²) in [5, 5.41) is 17.6. The molecule has 2 unspecified atom stereocenters. The van der Waals surface area contributed by atoms with E-state index in [-0.39, 0.29) is 13.2 Å². The molecule has 0 amide bonds. The quantitative estimate of drug-likeness (QED) is 0.477. The number of carbonyl (C=O) groups is 2. The molecular weight excluding hydrogens is 292 g/mol. The molecule has 0 aromatic heterocycles. The van der Waals surface area contributed by atoms with E-state index >= 15 is 0 Å². The van der Waals surface area contributed by atoms with E-state index in [1.54, 1.807) is 6.92 Å². The van der Waals surface area contributed by atoms with Gasteiger partial charge in [0.25, 0.3) is 10.2 Å². The van der Waals surface area contributed by atoms with Crippen molar-refractivity contribution in [3.05, 3.63) is 0 Å². The van der Waals surface area contributed by atoms with E-state index in [9.17, 15) is 18.0 Å². The first-order valence-electron chi connectivity index (χ1n) is 6.12. The Kier molecular flexibility index (Phi) is 5.87. The first-order valence-corrected chi connectivity index (χ1v) is 7.57. The number of aliphatic hydroxyl groups is 1. The molecule has 20 heavy (non-hydrogen) atoms. The van der Waals surface area contributed by atoms with Gasteiger partial charge in [-0.05, 0) is 19.8 Å². The lowest BCUT2D eigenvalue weighted by molar-refractivity contribution is -0.146. The van der Waals surface area contributed by atoms with E-state index in [1.807, 2.05) is 4.72 Å². The molecule has 0 aliphatic carbocycles. The Morgan fingerprint density at radius 1 is 1.50 bits per heavy atom. The molecule has 1 saturated heterocycles. The van der Waals surface area contributed by atoms with Crippen LogP contribution in [0.25, 0.3) is 0 Å². The van der Waals surface area contributed by atoms with Gasteiger partial charge in [0.05, 0.1) is 13.2 Å². The Morgan fingerprint density at radius 2 is 2.15 bits per heavy atom. The molecule has 116 valence electrons. The Hall–Kier alpha value is -1.23. The number of rotatable bonds is 7. The third kappa shape index (κ3) is 3.88. The van der Waals surface area contributed by atoms with Crippen molar-refractivity contribution in [2.45, 2.75) is 31.8 Å². The summed E-state index contributed by atoms with van der Waals surface area (Å²) in [7, 11) is -4.19. The van der Waals surface area contributed by atoms with Gasteiger partial charge in [-0.3, -0.25) is 9.59 Å². The second-order valence-corrected chi connectivity index (χ2v) is 5.87. The van der Waals surface area contributed by atoms with E-state index in [4.69, 9.17) is 14.9 Å². The lowest BCUT2D eigenvalue weighted by Gasteiger charge is -2.24. The van der Waals surface area contributed by atoms with Gasteiger partial charge in [0.15, 0.2) is 0 Å². The summed E-state index contributed by atoms with van der Waals surface area (Å²) in [6.45, 7) is 0.949. The van der Waals surface area contributed by atoms with E-state index in [2.05, 4.69) is 0 Å². The lowest BCUT2D eigenvalue weighted by atomic mass is 10.2. The summed E-state index contributed by atoms with van der Waals surface area (Å²) in [5.41, 5.74) is 0. The molecular formula is C10H18N2O7S. The number of aliphatic hydroxyl groups excluding tert-OH is 1. The van der Waals surface area contributed by atoms with Crippen LogP contribution in [0, 0.1) is 0 Å². The maximum absolute atomic E-state index is 12.1. The molecule has 1 fully saturated rings. The molecule has 0 aromatic carbocycles. The Morgan fingerprint density at radius 3 is 2.65 bits per heavy atom. The van der Waals surface area contributed by atoms with Crippen LogP contribution >= 0.6 is 0 Å². The SMILES string of the molecule is CCOC(=O)C1CCCN1S(=O)(=O)NC(CO)C(=O)O. The second kappa shape index (κ2) is 6.97. The number of hydrogen-bond donors (Lipinski definition) is 3. The highest BCUT2D eigenvalue weighted by Crippen LogP contribution is 2.21. The molecule has 3 N–H and O–H groups in total. The highest BCUT2D eigenvalue weighted by Gasteiger charge is 2.41. The third-order valence-corrected chi connectivity index (χ3v) is 4.48. The van der Waals surface area contributed by atoms with E-state index in [0.29, 0.717) is 12.8 Å². The number of nitrogens with one attached hydrogen (secondary N) is 1. The maximum Gasteiger partial charge on any atom is 0.324 e. The molecule has 1 aliphatic rings. The molecule has 9 nitrogen and oxygen atoms in total. The summed E-state index contributed by atoms with van der Waals surface area (Å²) in [4.78, 5) is 22.4.